The molecule has 56 valence electrons. The van der Waals surface area contributed by atoms with Crippen LogP contribution in [0.4, 0.5) is 0 Å². The molecule has 0 fully saturated rings. The second kappa shape index (κ2) is 3.77. The summed E-state index contributed by atoms with van der Waals surface area (Å²) in [4.78, 5) is 0. The van der Waals surface area contributed by atoms with Crippen molar-refractivity contribution in [2.75, 3.05) is 0 Å². The summed E-state index contributed by atoms with van der Waals surface area (Å²) in [6, 6.07) is 0. The van der Waals surface area contributed by atoms with E-state index >= 15 is 0 Å². The number of aliphatic hydroxyl groups is 1. The molecule has 0 unspecified atom stereocenters. The van der Waals surface area contributed by atoms with Gasteiger partial charge in [-0.1, -0.05) is 12.7 Å². The van der Waals surface area contributed by atoms with Crippen molar-refractivity contribution in [2.45, 2.75) is 13.8 Å². The van der Waals surface area contributed by atoms with Crippen molar-refractivity contribution in [2.24, 2.45) is 5.73 Å². The fourth-order valence-electron chi connectivity index (χ4n) is 0.458. The smallest absolute Gasteiger partial charge is 0.138 e. The van der Waals surface area contributed by atoms with E-state index in [0.717, 1.165) is 5.57 Å². The lowest BCUT2D eigenvalue weighted by atomic mass is 10.2. The van der Waals surface area contributed by atoms with E-state index in [1.165, 1.54) is 12.2 Å². The first-order valence-corrected chi connectivity index (χ1v) is 3.04. The number of rotatable bonds is 2. The molecule has 0 aromatic heterocycles. The molecule has 0 spiro atoms. The number of hydrogen-bond donors (Lipinski definition) is 2. The Morgan fingerprint density at radius 2 is 2.00 bits per heavy atom. The standard InChI is InChI=1S/C8H13NO/c1-4-5-7(10)8(9)6(2)3/h4-5,10H,1,9H2,2-3H3/b7-5+. The molecule has 0 amide bonds. The van der Waals surface area contributed by atoms with Gasteiger partial charge in [-0.2, -0.15) is 0 Å². The van der Waals surface area contributed by atoms with Crippen LogP contribution in [0, 0.1) is 0 Å². The van der Waals surface area contributed by atoms with Crippen LogP contribution in [0.5, 0.6) is 0 Å². The minimum atomic E-state index is 0.0787. The number of aliphatic hydroxyl groups excluding tert-OH is 1. The molecule has 2 heteroatoms. The van der Waals surface area contributed by atoms with Gasteiger partial charge in [-0.25, -0.2) is 0 Å². The first-order valence-electron chi connectivity index (χ1n) is 3.04. The second-order valence-electron chi connectivity index (χ2n) is 2.20. The van der Waals surface area contributed by atoms with Gasteiger partial charge in [-0.3, -0.25) is 0 Å². The van der Waals surface area contributed by atoms with E-state index in [9.17, 15) is 0 Å². The molecule has 0 radical (unpaired) electrons. The van der Waals surface area contributed by atoms with Crippen molar-refractivity contribution in [3.63, 3.8) is 0 Å². The predicted octanol–water partition coefficient (Wildman–Crippen LogP) is 1.87. The van der Waals surface area contributed by atoms with Gasteiger partial charge in [-0.05, 0) is 25.5 Å². The largest absolute Gasteiger partial charge is 0.506 e. The highest BCUT2D eigenvalue weighted by molar-refractivity contribution is 5.27. The van der Waals surface area contributed by atoms with E-state index in [-0.39, 0.29) is 5.76 Å². The van der Waals surface area contributed by atoms with Crippen LogP contribution in [0.25, 0.3) is 0 Å². The third kappa shape index (κ3) is 2.40. The predicted molar refractivity (Wildman–Crippen MR) is 43.5 cm³/mol. The van der Waals surface area contributed by atoms with Crippen LogP contribution in [0.2, 0.25) is 0 Å². The Balaban J connectivity index is 4.51. The van der Waals surface area contributed by atoms with Crippen molar-refractivity contribution in [3.8, 4) is 0 Å². The average Bonchev–Trinajstić information content (AvgIpc) is 1.87. The van der Waals surface area contributed by atoms with Crippen molar-refractivity contribution in [1.82, 2.24) is 0 Å². The van der Waals surface area contributed by atoms with E-state index in [0.29, 0.717) is 5.70 Å². The monoisotopic (exact) mass is 139 g/mol. The molecule has 0 atom stereocenters. The maximum atomic E-state index is 9.10. The molecule has 0 saturated heterocycles. The fourth-order valence-corrected chi connectivity index (χ4v) is 0.458. The molecule has 0 aromatic rings. The van der Waals surface area contributed by atoms with Crippen LogP contribution < -0.4 is 5.73 Å². The van der Waals surface area contributed by atoms with Gasteiger partial charge in [-0.15, -0.1) is 0 Å². The van der Waals surface area contributed by atoms with E-state index < -0.39 is 0 Å². The molecule has 0 aliphatic carbocycles. The normalized spacial score (nSPS) is 10.8. The van der Waals surface area contributed by atoms with Crippen molar-refractivity contribution < 1.29 is 5.11 Å². The van der Waals surface area contributed by atoms with Crippen LogP contribution in [0.1, 0.15) is 13.8 Å². The zero-order valence-corrected chi connectivity index (χ0v) is 6.39. The van der Waals surface area contributed by atoms with Gasteiger partial charge >= 0.3 is 0 Å². The Labute approximate surface area is 61.4 Å². The molecule has 2 nitrogen and oxygen atoms in total. The third-order valence-corrected chi connectivity index (χ3v) is 1.09. The number of nitrogens with two attached hydrogens (primary N) is 1. The highest BCUT2D eigenvalue weighted by atomic mass is 16.3. The van der Waals surface area contributed by atoms with E-state index in [4.69, 9.17) is 10.8 Å². The lowest BCUT2D eigenvalue weighted by molar-refractivity contribution is 0.421. The topological polar surface area (TPSA) is 46.2 Å². The summed E-state index contributed by atoms with van der Waals surface area (Å²) in [5.41, 5.74) is 6.77. The Hall–Kier alpha value is -1.18. The molecular weight excluding hydrogens is 126 g/mol. The van der Waals surface area contributed by atoms with E-state index in [1.54, 1.807) is 0 Å². The summed E-state index contributed by atoms with van der Waals surface area (Å²) in [5.74, 6) is 0.0787. The summed E-state index contributed by atoms with van der Waals surface area (Å²) in [7, 11) is 0. The van der Waals surface area contributed by atoms with Gasteiger partial charge in [0.2, 0.25) is 0 Å². The second-order valence-corrected chi connectivity index (χ2v) is 2.20. The SMILES string of the molecule is C=C/C=C(/O)C(N)=C(C)C. The quantitative estimate of drug-likeness (QED) is 0.453. The maximum absolute atomic E-state index is 9.10. The zero-order chi connectivity index (χ0) is 8.15. The molecular formula is C8H13NO. The van der Waals surface area contributed by atoms with Gasteiger partial charge in [0.15, 0.2) is 0 Å². The summed E-state index contributed by atoms with van der Waals surface area (Å²) in [5, 5.41) is 9.10. The summed E-state index contributed by atoms with van der Waals surface area (Å²) in [6.07, 6.45) is 2.95. The van der Waals surface area contributed by atoms with Crippen LogP contribution in [-0.2, 0) is 0 Å². The molecule has 0 aliphatic heterocycles. The summed E-state index contributed by atoms with van der Waals surface area (Å²) >= 11 is 0. The lowest BCUT2D eigenvalue weighted by Crippen LogP contribution is -2.02. The minimum Gasteiger partial charge on any atom is -0.506 e. The first kappa shape index (κ1) is 8.82. The molecule has 0 aromatic carbocycles. The molecule has 3 N–H and O–H groups in total. The number of allylic oxidation sites excluding steroid dienone is 3. The van der Waals surface area contributed by atoms with Crippen LogP contribution in [-0.4, -0.2) is 5.11 Å². The van der Waals surface area contributed by atoms with Crippen LogP contribution in [0.15, 0.2) is 35.8 Å². The molecule has 0 rings (SSSR count). The minimum absolute atomic E-state index is 0.0787. The Morgan fingerprint density at radius 1 is 1.50 bits per heavy atom. The molecule has 0 bridgehead atoms. The summed E-state index contributed by atoms with van der Waals surface area (Å²) < 4.78 is 0. The van der Waals surface area contributed by atoms with Crippen LogP contribution in [0.3, 0.4) is 0 Å². The van der Waals surface area contributed by atoms with E-state index in [1.807, 2.05) is 13.8 Å². The van der Waals surface area contributed by atoms with Crippen molar-refractivity contribution in [3.05, 3.63) is 35.8 Å². The van der Waals surface area contributed by atoms with Gasteiger partial charge < -0.3 is 10.8 Å². The Kier molecular flexibility index (Phi) is 3.33. The molecule has 10 heavy (non-hydrogen) atoms. The number of hydrogen-bond acceptors (Lipinski definition) is 2. The summed E-state index contributed by atoms with van der Waals surface area (Å²) in [6.45, 7) is 7.10. The van der Waals surface area contributed by atoms with Gasteiger partial charge in [0.25, 0.3) is 0 Å². The molecule has 0 heterocycles. The van der Waals surface area contributed by atoms with E-state index in [2.05, 4.69) is 6.58 Å². The Morgan fingerprint density at radius 3 is 2.30 bits per heavy atom. The molecule has 0 aliphatic rings. The first-order chi connectivity index (χ1) is 4.59. The fraction of sp³-hybridized carbons (Fsp3) is 0.250. The van der Waals surface area contributed by atoms with Crippen molar-refractivity contribution in [1.29, 1.82) is 0 Å². The van der Waals surface area contributed by atoms with Crippen LogP contribution >= 0.6 is 0 Å². The Bertz CT molecular complexity index is 185. The van der Waals surface area contributed by atoms with Crippen molar-refractivity contribution >= 4 is 0 Å². The van der Waals surface area contributed by atoms with Gasteiger partial charge in [0, 0.05) is 0 Å². The van der Waals surface area contributed by atoms with Gasteiger partial charge in [0.1, 0.15) is 5.76 Å². The van der Waals surface area contributed by atoms with Gasteiger partial charge in [0.05, 0.1) is 5.70 Å². The highest BCUT2D eigenvalue weighted by Gasteiger charge is 1.96. The highest BCUT2D eigenvalue weighted by Crippen LogP contribution is 2.04. The average molecular weight is 139 g/mol. The third-order valence-electron chi connectivity index (χ3n) is 1.09. The maximum Gasteiger partial charge on any atom is 0.138 e. The lowest BCUT2D eigenvalue weighted by Gasteiger charge is -2.00. The molecule has 0 saturated carbocycles. The zero-order valence-electron chi connectivity index (χ0n) is 6.39.